The van der Waals surface area contributed by atoms with Crippen LogP contribution in [0.25, 0.3) is 10.9 Å². The van der Waals surface area contributed by atoms with Gasteiger partial charge in [-0.05, 0) is 35.9 Å². The smallest absolute Gasteiger partial charge is 0.198 e. The molecule has 0 aliphatic heterocycles. The van der Waals surface area contributed by atoms with Crippen molar-refractivity contribution in [2.75, 3.05) is 0 Å². The van der Waals surface area contributed by atoms with E-state index in [0.717, 1.165) is 22.2 Å². The van der Waals surface area contributed by atoms with Crippen molar-refractivity contribution < 1.29 is 10.2 Å². The lowest BCUT2D eigenvalue weighted by Crippen LogP contribution is -1.81. The van der Waals surface area contributed by atoms with Crippen molar-refractivity contribution in [2.24, 2.45) is 4.99 Å². The molecule has 0 atom stereocenters. The molecule has 3 rings (SSSR count). The van der Waals surface area contributed by atoms with Gasteiger partial charge in [-0.3, -0.25) is 4.99 Å². The lowest BCUT2D eigenvalue weighted by Gasteiger charge is -1.97. The molecule has 21 heavy (non-hydrogen) atoms. The summed E-state index contributed by atoms with van der Waals surface area (Å²) < 4.78 is 0. The fourth-order valence-corrected chi connectivity index (χ4v) is 2.30. The van der Waals surface area contributed by atoms with Crippen molar-refractivity contribution >= 4 is 34.4 Å². The monoisotopic (exact) mass is 300 g/mol. The average Bonchev–Trinajstić information content (AvgIpc) is 2.80. The van der Waals surface area contributed by atoms with Crippen LogP contribution in [-0.2, 0) is 6.61 Å². The van der Waals surface area contributed by atoms with Gasteiger partial charge in [-0.25, -0.2) is 0 Å². The van der Waals surface area contributed by atoms with Crippen molar-refractivity contribution in [1.29, 1.82) is 0 Å². The van der Waals surface area contributed by atoms with Crippen molar-refractivity contribution in [3.63, 3.8) is 0 Å². The standard InChI is InChI=1S/C16H13ClN2O2/c17-11-3-6-15-13(7-11)14(16(21)19-15)8-18-12-4-1-10(9-20)2-5-12/h1-8,19-21H,9H2. The maximum absolute atomic E-state index is 9.96. The third-order valence-electron chi connectivity index (χ3n) is 3.24. The molecule has 0 aliphatic rings. The van der Waals surface area contributed by atoms with Gasteiger partial charge in [-0.1, -0.05) is 23.7 Å². The van der Waals surface area contributed by atoms with Gasteiger partial charge in [-0.2, -0.15) is 0 Å². The Balaban J connectivity index is 1.98. The van der Waals surface area contributed by atoms with Crippen LogP contribution in [0, 0.1) is 0 Å². The highest BCUT2D eigenvalue weighted by Crippen LogP contribution is 2.28. The van der Waals surface area contributed by atoms with Crippen LogP contribution < -0.4 is 0 Å². The second-order valence-corrected chi connectivity index (χ2v) is 5.10. The molecule has 0 unspecified atom stereocenters. The first-order valence-corrected chi connectivity index (χ1v) is 6.79. The molecule has 3 N–H and O–H groups in total. The highest BCUT2D eigenvalue weighted by atomic mass is 35.5. The van der Waals surface area contributed by atoms with Gasteiger partial charge in [0.25, 0.3) is 0 Å². The van der Waals surface area contributed by atoms with Gasteiger partial charge in [-0.15, -0.1) is 0 Å². The van der Waals surface area contributed by atoms with E-state index in [2.05, 4.69) is 9.98 Å². The lowest BCUT2D eigenvalue weighted by atomic mass is 10.2. The quantitative estimate of drug-likeness (QED) is 0.644. The van der Waals surface area contributed by atoms with Gasteiger partial charge in [0.05, 0.1) is 17.9 Å². The number of nitrogens with zero attached hydrogens (tertiary/aromatic N) is 1. The molecule has 1 aromatic heterocycles. The summed E-state index contributed by atoms with van der Waals surface area (Å²) in [7, 11) is 0. The van der Waals surface area contributed by atoms with Gasteiger partial charge >= 0.3 is 0 Å². The molecule has 0 spiro atoms. The van der Waals surface area contributed by atoms with Crippen molar-refractivity contribution in [1.82, 2.24) is 4.98 Å². The summed E-state index contributed by atoms with van der Waals surface area (Å²) in [5, 5.41) is 20.4. The van der Waals surface area contributed by atoms with Crippen molar-refractivity contribution in [3.8, 4) is 5.88 Å². The Hall–Kier alpha value is -2.30. The minimum Gasteiger partial charge on any atom is -0.494 e. The Labute approximate surface area is 126 Å². The molecular weight excluding hydrogens is 288 g/mol. The minimum atomic E-state index is 0.00568. The highest BCUT2D eigenvalue weighted by Gasteiger charge is 2.09. The maximum atomic E-state index is 9.96. The van der Waals surface area contributed by atoms with Gasteiger partial charge in [0.1, 0.15) is 0 Å². The zero-order valence-electron chi connectivity index (χ0n) is 11.0. The number of nitrogens with one attached hydrogen (secondary N) is 1. The maximum Gasteiger partial charge on any atom is 0.198 e. The molecule has 0 fully saturated rings. The Morgan fingerprint density at radius 1 is 1.14 bits per heavy atom. The number of halogens is 1. The van der Waals surface area contributed by atoms with E-state index in [-0.39, 0.29) is 12.5 Å². The van der Waals surface area contributed by atoms with Gasteiger partial charge in [0.15, 0.2) is 5.88 Å². The number of benzene rings is 2. The molecule has 1 heterocycles. The van der Waals surface area contributed by atoms with Gasteiger partial charge in [0.2, 0.25) is 0 Å². The van der Waals surface area contributed by atoms with Crippen LogP contribution in [0.2, 0.25) is 5.02 Å². The van der Waals surface area contributed by atoms with E-state index >= 15 is 0 Å². The summed E-state index contributed by atoms with van der Waals surface area (Å²) in [5.41, 5.74) is 2.96. The molecule has 0 aliphatic carbocycles. The average molecular weight is 301 g/mol. The Kier molecular flexibility index (Phi) is 3.64. The first-order chi connectivity index (χ1) is 10.2. The second kappa shape index (κ2) is 5.60. The van der Waals surface area contributed by atoms with Gasteiger partial charge < -0.3 is 15.2 Å². The van der Waals surface area contributed by atoms with Crippen LogP contribution in [0.1, 0.15) is 11.1 Å². The molecule has 106 valence electrons. The summed E-state index contributed by atoms with van der Waals surface area (Å²) in [6.07, 6.45) is 1.60. The fourth-order valence-electron chi connectivity index (χ4n) is 2.13. The van der Waals surface area contributed by atoms with E-state index < -0.39 is 0 Å². The lowest BCUT2D eigenvalue weighted by molar-refractivity contribution is 0.282. The van der Waals surface area contributed by atoms with E-state index in [1.54, 1.807) is 42.6 Å². The van der Waals surface area contributed by atoms with E-state index in [1.807, 2.05) is 6.07 Å². The van der Waals surface area contributed by atoms with Crippen LogP contribution in [0.3, 0.4) is 0 Å². The third kappa shape index (κ3) is 2.77. The van der Waals surface area contributed by atoms with Crippen LogP contribution >= 0.6 is 11.6 Å². The summed E-state index contributed by atoms with van der Waals surface area (Å²) in [6, 6.07) is 12.6. The number of aromatic nitrogens is 1. The first-order valence-electron chi connectivity index (χ1n) is 6.41. The molecule has 5 heteroatoms. The topological polar surface area (TPSA) is 68.6 Å². The molecule has 3 aromatic rings. The summed E-state index contributed by atoms with van der Waals surface area (Å²) in [4.78, 5) is 7.22. The van der Waals surface area contributed by atoms with E-state index in [9.17, 15) is 5.11 Å². The van der Waals surface area contributed by atoms with E-state index in [0.29, 0.717) is 10.6 Å². The molecule has 2 aromatic carbocycles. The van der Waals surface area contributed by atoms with Crippen LogP contribution in [0.4, 0.5) is 5.69 Å². The second-order valence-electron chi connectivity index (χ2n) is 4.66. The molecule has 4 nitrogen and oxygen atoms in total. The Morgan fingerprint density at radius 2 is 1.90 bits per heavy atom. The summed E-state index contributed by atoms with van der Waals surface area (Å²) >= 11 is 5.99. The number of hydrogen-bond donors (Lipinski definition) is 3. The van der Waals surface area contributed by atoms with Crippen LogP contribution in [0.5, 0.6) is 5.88 Å². The third-order valence-corrected chi connectivity index (χ3v) is 3.48. The number of aromatic amines is 1. The number of aromatic hydroxyl groups is 1. The molecule has 0 saturated heterocycles. The molecular formula is C16H13ClN2O2. The van der Waals surface area contributed by atoms with Crippen LogP contribution in [-0.4, -0.2) is 21.4 Å². The highest BCUT2D eigenvalue weighted by molar-refractivity contribution is 6.31. The number of fused-ring (bicyclic) bond motifs is 1. The zero-order valence-corrected chi connectivity index (χ0v) is 11.8. The van der Waals surface area contributed by atoms with Crippen molar-refractivity contribution in [3.05, 3.63) is 58.6 Å². The Morgan fingerprint density at radius 3 is 2.62 bits per heavy atom. The number of aliphatic hydroxyl groups is 1. The predicted molar refractivity (Wildman–Crippen MR) is 84.6 cm³/mol. The molecule has 0 radical (unpaired) electrons. The van der Waals surface area contributed by atoms with Gasteiger partial charge in [0, 0.05) is 22.1 Å². The number of rotatable bonds is 3. The molecule has 0 amide bonds. The number of aliphatic imine (C=N–C) groups is 1. The fraction of sp³-hybridized carbons (Fsp3) is 0.0625. The SMILES string of the molecule is OCc1ccc(N=Cc2c(O)[nH]c3ccc(Cl)cc23)cc1. The molecule has 0 saturated carbocycles. The summed E-state index contributed by atoms with van der Waals surface area (Å²) in [5.74, 6) is 0.0583. The Bertz CT molecular complexity index is 807. The van der Waals surface area contributed by atoms with Crippen LogP contribution in [0.15, 0.2) is 47.5 Å². The van der Waals surface area contributed by atoms with E-state index in [1.165, 1.54) is 0 Å². The normalized spacial score (nSPS) is 11.5. The number of H-pyrrole nitrogens is 1. The number of aliphatic hydroxyl groups excluding tert-OH is 1. The largest absolute Gasteiger partial charge is 0.494 e. The zero-order chi connectivity index (χ0) is 14.8. The number of hydrogen-bond acceptors (Lipinski definition) is 3. The van der Waals surface area contributed by atoms with E-state index in [4.69, 9.17) is 16.7 Å². The predicted octanol–water partition coefficient (Wildman–Crippen LogP) is 3.77. The molecule has 0 bridgehead atoms. The summed E-state index contributed by atoms with van der Waals surface area (Å²) in [6.45, 7) is 0.00568. The minimum absolute atomic E-state index is 0.00568. The first kappa shape index (κ1) is 13.7. The van der Waals surface area contributed by atoms with Crippen molar-refractivity contribution in [2.45, 2.75) is 6.61 Å².